The van der Waals surface area contributed by atoms with Gasteiger partial charge in [0.25, 0.3) is 5.91 Å². The van der Waals surface area contributed by atoms with Crippen LogP contribution in [0.2, 0.25) is 0 Å². The van der Waals surface area contributed by atoms with Gasteiger partial charge in [0.05, 0.1) is 20.1 Å². The number of carbonyl (C=O) groups excluding carboxylic acids is 2. The van der Waals surface area contributed by atoms with Crippen LogP contribution in [-0.2, 0) is 20.7 Å². The normalized spacial score (nSPS) is 10.2. The Kier molecular flexibility index (Phi) is 7.46. The molecule has 0 aliphatic carbocycles. The van der Waals surface area contributed by atoms with Gasteiger partial charge >= 0.3 is 5.97 Å². The van der Waals surface area contributed by atoms with Gasteiger partial charge in [-0.25, -0.2) is 0 Å². The fourth-order valence-electron chi connectivity index (χ4n) is 2.05. The fourth-order valence-corrected chi connectivity index (χ4v) is 2.05. The number of carbonyl (C=O) groups is 2. The molecule has 0 aliphatic heterocycles. The van der Waals surface area contributed by atoms with Crippen LogP contribution in [-0.4, -0.2) is 50.7 Å². The van der Waals surface area contributed by atoms with Gasteiger partial charge in [0, 0.05) is 25.8 Å². The molecule has 0 saturated heterocycles. The minimum atomic E-state index is -0.325. The van der Waals surface area contributed by atoms with Gasteiger partial charge in [-0.15, -0.1) is 0 Å². The van der Waals surface area contributed by atoms with Crippen molar-refractivity contribution in [1.82, 2.24) is 4.90 Å². The van der Waals surface area contributed by atoms with E-state index in [9.17, 15) is 9.59 Å². The number of methoxy groups -OCH3 is 2. The quantitative estimate of drug-likeness (QED) is 0.687. The molecule has 1 rings (SSSR count). The average Bonchev–Trinajstić information content (AvgIpc) is 2.53. The third kappa shape index (κ3) is 5.19. The van der Waals surface area contributed by atoms with Crippen molar-refractivity contribution in [2.75, 3.05) is 33.9 Å². The lowest BCUT2D eigenvalue weighted by atomic mass is 10.0. The molecule has 0 saturated carbocycles. The van der Waals surface area contributed by atoms with Crippen LogP contribution in [0, 0.1) is 0 Å². The fraction of sp³-hybridized carbons (Fsp3) is 0.500. The number of benzene rings is 1. The van der Waals surface area contributed by atoms with Crippen molar-refractivity contribution in [2.45, 2.75) is 19.8 Å². The average molecular weight is 293 g/mol. The van der Waals surface area contributed by atoms with Gasteiger partial charge in [0.15, 0.2) is 0 Å². The number of rotatable bonds is 8. The van der Waals surface area contributed by atoms with E-state index in [2.05, 4.69) is 4.74 Å². The molecule has 0 unspecified atom stereocenters. The van der Waals surface area contributed by atoms with Crippen molar-refractivity contribution < 1.29 is 19.1 Å². The summed E-state index contributed by atoms with van der Waals surface area (Å²) in [6.07, 6.45) is 0.970. The van der Waals surface area contributed by atoms with E-state index in [1.54, 1.807) is 12.0 Å². The molecule has 5 heteroatoms. The zero-order chi connectivity index (χ0) is 15.7. The lowest BCUT2D eigenvalue weighted by Crippen LogP contribution is -2.36. The molecule has 1 aromatic rings. The number of hydrogen-bond donors (Lipinski definition) is 0. The van der Waals surface area contributed by atoms with Gasteiger partial charge in [-0.1, -0.05) is 25.1 Å². The molecule has 0 N–H and O–H groups in total. The topological polar surface area (TPSA) is 55.8 Å². The van der Waals surface area contributed by atoms with E-state index in [-0.39, 0.29) is 18.3 Å². The molecule has 21 heavy (non-hydrogen) atoms. The van der Waals surface area contributed by atoms with Crippen molar-refractivity contribution in [3.05, 3.63) is 35.4 Å². The Morgan fingerprint density at radius 3 is 2.48 bits per heavy atom. The Morgan fingerprint density at radius 2 is 1.86 bits per heavy atom. The maximum Gasteiger partial charge on any atom is 0.307 e. The molecule has 5 nitrogen and oxygen atoms in total. The number of amides is 1. The number of esters is 1. The van der Waals surface area contributed by atoms with E-state index in [1.165, 1.54) is 7.11 Å². The Hall–Kier alpha value is -1.88. The molecular weight excluding hydrogens is 270 g/mol. The molecule has 0 bridgehead atoms. The summed E-state index contributed by atoms with van der Waals surface area (Å²) < 4.78 is 9.67. The predicted molar refractivity (Wildman–Crippen MR) is 80.2 cm³/mol. The largest absolute Gasteiger partial charge is 0.469 e. The summed E-state index contributed by atoms with van der Waals surface area (Å²) >= 11 is 0. The second-order valence-electron chi connectivity index (χ2n) is 4.62. The maximum atomic E-state index is 12.6. The zero-order valence-corrected chi connectivity index (χ0v) is 12.9. The van der Waals surface area contributed by atoms with E-state index in [0.717, 1.165) is 12.0 Å². The van der Waals surface area contributed by atoms with E-state index < -0.39 is 0 Å². The van der Waals surface area contributed by atoms with Gasteiger partial charge in [-0.3, -0.25) is 9.59 Å². The van der Waals surface area contributed by atoms with Crippen molar-refractivity contribution in [3.63, 3.8) is 0 Å². The zero-order valence-electron chi connectivity index (χ0n) is 12.9. The van der Waals surface area contributed by atoms with Crippen molar-refractivity contribution in [1.29, 1.82) is 0 Å². The van der Waals surface area contributed by atoms with Crippen LogP contribution < -0.4 is 0 Å². The first-order valence-electron chi connectivity index (χ1n) is 7.07. The molecule has 0 atom stereocenters. The second-order valence-corrected chi connectivity index (χ2v) is 4.62. The lowest BCUT2D eigenvalue weighted by Gasteiger charge is -2.23. The number of ether oxygens (including phenoxy) is 2. The molecule has 0 fully saturated rings. The first-order valence-corrected chi connectivity index (χ1v) is 7.07. The summed E-state index contributed by atoms with van der Waals surface area (Å²) in [7, 11) is 2.93. The molecule has 0 spiro atoms. The first kappa shape index (κ1) is 17.2. The van der Waals surface area contributed by atoms with Crippen LogP contribution in [0.3, 0.4) is 0 Å². The minimum absolute atomic E-state index is 0.0756. The summed E-state index contributed by atoms with van der Waals surface area (Å²) in [6, 6.07) is 7.53. The standard InChI is InChI=1S/C16H23NO4/c1-4-13-7-5-6-8-14(13)16(19)17(11-12-20-2)10-9-15(18)21-3/h5-8H,4,9-12H2,1-3H3. The van der Waals surface area contributed by atoms with Crippen LogP contribution in [0.5, 0.6) is 0 Å². The molecular formula is C16H23NO4. The third-order valence-electron chi connectivity index (χ3n) is 3.29. The van der Waals surface area contributed by atoms with E-state index in [4.69, 9.17) is 4.74 Å². The highest BCUT2D eigenvalue weighted by atomic mass is 16.5. The van der Waals surface area contributed by atoms with Crippen molar-refractivity contribution in [3.8, 4) is 0 Å². The summed E-state index contributed by atoms with van der Waals surface area (Å²) in [5.41, 5.74) is 1.68. The van der Waals surface area contributed by atoms with Crippen LogP contribution in [0.15, 0.2) is 24.3 Å². The summed E-state index contributed by atoms with van der Waals surface area (Å²) in [5.74, 6) is -0.401. The highest BCUT2D eigenvalue weighted by molar-refractivity contribution is 5.95. The molecule has 1 aromatic carbocycles. The van der Waals surface area contributed by atoms with Gasteiger partial charge in [0.1, 0.15) is 0 Å². The Balaban J connectivity index is 2.85. The third-order valence-corrected chi connectivity index (χ3v) is 3.29. The summed E-state index contributed by atoms with van der Waals surface area (Å²) in [5, 5.41) is 0. The number of hydrogen-bond acceptors (Lipinski definition) is 4. The van der Waals surface area contributed by atoms with Crippen molar-refractivity contribution >= 4 is 11.9 Å². The van der Waals surface area contributed by atoms with Gasteiger partial charge in [-0.2, -0.15) is 0 Å². The second kappa shape index (κ2) is 9.13. The predicted octanol–water partition coefficient (Wildman–Crippen LogP) is 1.90. The Labute approximate surface area is 125 Å². The lowest BCUT2D eigenvalue weighted by molar-refractivity contribution is -0.140. The monoisotopic (exact) mass is 293 g/mol. The highest BCUT2D eigenvalue weighted by Gasteiger charge is 2.18. The van der Waals surface area contributed by atoms with E-state index in [0.29, 0.717) is 25.3 Å². The summed E-state index contributed by atoms with van der Waals surface area (Å²) in [4.78, 5) is 25.6. The van der Waals surface area contributed by atoms with Gasteiger partial charge in [0.2, 0.25) is 0 Å². The Morgan fingerprint density at radius 1 is 1.14 bits per heavy atom. The molecule has 1 amide bonds. The van der Waals surface area contributed by atoms with Gasteiger partial charge in [-0.05, 0) is 18.1 Å². The van der Waals surface area contributed by atoms with E-state index >= 15 is 0 Å². The minimum Gasteiger partial charge on any atom is -0.469 e. The van der Waals surface area contributed by atoms with Crippen LogP contribution in [0.4, 0.5) is 0 Å². The maximum absolute atomic E-state index is 12.6. The SMILES string of the molecule is CCc1ccccc1C(=O)N(CCOC)CCC(=O)OC. The first-order chi connectivity index (χ1) is 10.1. The summed E-state index contributed by atoms with van der Waals surface area (Å²) in [6.45, 7) is 3.22. The Bertz CT molecular complexity index is 473. The number of nitrogens with zero attached hydrogens (tertiary/aromatic N) is 1. The molecule has 0 aliphatic rings. The van der Waals surface area contributed by atoms with Crippen LogP contribution in [0.1, 0.15) is 29.3 Å². The highest BCUT2D eigenvalue weighted by Crippen LogP contribution is 2.13. The molecule has 0 aromatic heterocycles. The van der Waals surface area contributed by atoms with Crippen LogP contribution in [0.25, 0.3) is 0 Å². The van der Waals surface area contributed by atoms with Crippen LogP contribution >= 0.6 is 0 Å². The molecule has 0 radical (unpaired) electrons. The smallest absolute Gasteiger partial charge is 0.307 e. The number of aryl methyl sites for hydroxylation is 1. The van der Waals surface area contributed by atoms with E-state index in [1.807, 2.05) is 31.2 Å². The van der Waals surface area contributed by atoms with Gasteiger partial charge < -0.3 is 14.4 Å². The molecule has 116 valence electrons. The van der Waals surface area contributed by atoms with Crippen molar-refractivity contribution in [2.24, 2.45) is 0 Å². The molecule has 0 heterocycles.